The zero-order chi connectivity index (χ0) is 33.2. The summed E-state index contributed by atoms with van der Waals surface area (Å²) in [6.07, 6.45) is 5.89. The number of hydrogen-bond donors (Lipinski definition) is 2. The molecule has 11 heteroatoms. The van der Waals surface area contributed by atoms with E-state index in [1.807, 2.05) is 61.4 Å². The van der Waals surface area contributed by atoms with E-state index in [9.17, 15) is 14.3 Å². The number of benzene rings is 2. The molecule has 1 aliphatic carbocycles. The molecule has 248 valence electrons. The van der Waals surface area contributed by atoms with Crippen LogP contribution in [0.25, 0.3) is 22.3 Å². The lowest BCUT2D eigenvalue weighted by atomic mass is 9.82. The van der Waals surface area contributed by atoms with Gasteiger partial charge in [-0.15, -0.1) is 0 Å². The molecule has 1 unspecified atom stereocenters. The fourth-order valence-corrected chi connectivity index (χ4v) is 7.45. The maximum atomic E-state index is 15.1. The van der Waals surface area contributed by atoms with E-state index >= 15 is 4.39 Å². The Bertz CT molecular complexity index is 1840. The molecule has 7 rings (SSSR count). The molecule has 0 spiro atoms. The maximum absolute atomic E-state index is 15.1. The zero-order valence-electron chi connectivity index (χ0n) is 27.6. The third kappa shape index (κ3) is 5.38. The summed E-state index contributed by atoms with van der Waals surface area (Å²) in [5, 5.41) is 13.2. The molecule has 2 aliphatic heterocycles. The number of halogens is 2. The summed E-state index contributed by atoms with van der Waals surface area (Å²) in [5.41, 5.74) is 3.67. The number of methoxy groups -OCH3 is 1. The average Bonchev–Trinajstić information content (AvgIpc) is 3.55. The smallest absolute Gasteiger partial charge is 0.237 e. The van der Waals surface area contributed by atoms with Crippen LogP contribution < -0.4 is 10.2 Å². The van der Waals surface area contributed by atoms with E-state index in [-0.39, 0.29) is 29.2 Å². The Morgan fingerprint density at radius 1 is 1.02 bits per heavy atom. The molecule has 4 aromatic rings. The van der Waals surface area contributed by atoms with Crippen molar-refractivity contribution < 1.29 is 23.4 Å². The number of carbonyl (C=O) groups excluding carboxylic acids is 1. The Morgan fingerprint density at radius 2 is 1.77 bits per heavy atom. The van der Waals surface area contributed by atoms with Gasteiger partial charge in [0.05, 0.1) is 28.6 Å². The Labute approximate surface area is 273 Å². The van der Waals surface area contributed by atoms with Gasteiger partial charge in [0.1, 0.15) is 17.2 Å². The van der Waals surface area contributed by atoms with Gasteiger partial charge in [0.2, 0.25) is 5.91 Å². The van der Waals surface area contributed by atoms with Crippen LogP contribution in [-0.2, 0) is 14.9 Å². The number of aliphatic hydroxyl groups is 1. The number of ether oxygens (including phenoxy) is 1. The van der Waals surface area contributed by atoms with E-state index in [2.05, 4.69) is 15.2 Å². The minimum Gasteiger partial charge on any atom is -0.364 e. The standard InChI is InChI=1S/C36H42F2N6O3/c1-20(2)43-19-39-30-18-28(40-33(32(30)43)41-29-16-24(34(45)47-5)26(37)17-27(29)38)21-9-10-25-31(13-21)44(35(46)36(25,3)4)23-14-22(15-23)42-11-7-6-8-12-42/h9-10,13,16-20,22-23,34,45H,6-8,11-12,14-15H2,1-5H3,(H,40,41). The predicted octanol–water partition coefficient (Wildman–Crippen LogP) is 6.98. The molecule has 2 aromatic heterocycles. The lowest BCUT2D eigenvalue weighted by Gasteiger charge is -2.48. The fourth-order valence-electron chi connectivity index (χ4n) is 7.45. The van der Waals surface area contributed by atoms with Crippen molar-refractivity contribution >= 4 is 34.1 Å². The molecule has 47 heavy (non-hydrogen) atoms. The van der Waals surface area contributed by atoms with Crippen molar-refractivity contribution in [3.05, 3.63) is 65.5 Å². The second kappa shape index (κ2) is 11.9. The summed E-state index contributed by atoms with van der Waals surface area (Å²) < 4.78 is 36.5. The SMILES string of the molecule is COC(O)c1cc(Nc2nc(-c3ccc4c(c3)N(C3CC(N5CCCCC5)C3)C(=O)C4(C)C)cc3ncn(C(C)C)c23)c(F)cc1F. The van der Waals surface area contributed by atoms with Crippen LogP contribution in [0.5, 0.6) is 0 Å². The molecule has 0 bridgehead atoms. The Morgan fingerprint density at radius 3 is 2.47 bits per heavy atom. The number of fused-ring (bicyclic) bond motifs is 2. The summed E-state index contributed by atoms with van der Waals surface area (Å²) in [7, 11) is 1.24. The monoisotopic (exact) mass is 644 g/mol. The number of nitrogens with zero attached hydrogens (tertiary/aromatic N) is 5. The number of likely N-dealkylation sites (tertiary alicyclic amines) is 1. The van der Waals surface area contributed by atoms with Crippen molar-refractivity contribution in [2.75, 3.05) is 30.4 Å². The van der Waals surface area contributed by atoms with Crippen molar-refractivity contribution in [1.82, 2.24) is 19.4 Å². The van der Waals surface area contributed by atoms with Crippen LogP contribution in [0.3, 0.4) is 0 Å². The van der Waals surface area contributed by atoms with Crippen molar-refractivity contribution in [1.29, 1.82) is 0 Å². The lowest BCUT2D eigenvalue weighted by Crippen LogP contribution is -2.57. The Balaban J connectivity index is 1.28. The summed E-state index contributed by atoms with van der Waals surface area (Å²) in [6, 6.07) is 10.5. The van der Waals surface area contributed by atoms with E-state index in [1.165, 1.54) is 32.4 Å². The van der Waals surface area contributed by atoms with Gasteiger partial charge in [0, 0.05) is 48.1 Å². The first kappa shape index (κ1) is 31.7. The van der Waals surface area contributed by atoms with Gasteiger partial charge in [-0.3, -0.25) is 4.79 Å². The molecule has 3 aliphatic rings. The number of hydrogen-bond acceptors (Lipinski definition) is 7. The average molecular weight is 645 g/mol. The third-order valence-corrected chi connectivity index (χ3v) is 10.3. The van der Waals surface area contributed by atoms with Crippen LogP contribution in [0.1, 0.15) is 83.3 Å². The van der Waals surface area contributed by atoms with Gasteiger partial charge in [-0.2, -0.15) is 0 Å². The van der Waals surface area contributed by atoms with Crippen molar-refractivity contribution in [2.24, 2.45) is 0 Å². The molecule has 2 fully saturated rings. The summed E-state index contributed by atoms with van der Waals surface area (Å²) >= 11 is 0. The molecular weight excluding hydrogens is 602 g/mol. The van der Waals surface area contributed by atoms with Gasteiger partial charge < -0.3 is 29.5 Å². The van der Waals surface area contributed by atoms with E-state index in [4.69, 9.17) is 9.72 Å². The first-order valence-corrected chi connectivity index (χ1v) is 16.5. The highest BCUT2D eigenvalue weighted by atomic mass is 19.1. The zero-order valence-corrected chi connectivity index (χ0v) is 27.6. The molecule has 1 amide bonds. The quantitative estimate of drug-likeness (QED) is 0.200. The Hall–Kier alpha value is -3.93. The first-order valence-electron chi connectivity index (χ1n) is 16.5. The van der Waals surface area contributed by atoms with Gasteiger partial charge in [-0.1, -0.05) is 18.6 Å². The molecule has 1 saturated heterocycles. The molecule has 0 radical (unpaired) electrons. The highest BCUT2D eigenvalue weighted by Crippen LogP contribution is 2.48. The number of anilines is 3. The van der Waals surface area contributed by atoms with Gasteiger partial charge in [0.15, 0.2) is 12.1 Å². The highest BCUT2D eigenvalue weighted by Gasteiger charge is 2.50. The number of carbonyl (C=O) groups is 1. The van der Waals surface area contributed by atoms with Crippen LogP contribution in [0.15, 0.2) is 42.7 Å². The van der Waals surface area contributed by atoms with E-state index in [1.54, 1.807) is 6.33 Å². The molecular formula is C36H42F2N6O3. The number of aromatic nitrogens is 3. The number of aliphatic hydroxyl groups excluding tert-OH is 1. The number of rotatable bonds is 8. The van der Waals surface area contributed by atoms with Crippen LogP contribution >= 0.6 is 0 Å². The molecule has 2 aromatic carbocycles. The van der Waals surface area contributed by atoms with E-state index in [0.717, 1.165) is 42.7 Å². The maximum Gasteiger partial charge on any atom is 0.237 e. The van der Waals surface area contributed by atoms with Gasteiger partial charge >= 0.3 is 0 Å². The summed E-state index contributed by atoms with van der Waals surface area (Å²) in [5.74, 6) is -1.32. The minimum absolute atomic E-state index is 0.0233. The van der Waals surface area contributed by atoms with Crippen LogP contribution in [-0.4, -0.2) is 62.7 Å². The number of amides is 1. The predicted molar refractivity (Wildman–Crippen MR) is 178 cm³/mol. The second-order valence-corrected chi connectivity index (χ2v) is 13.9. The summed E-state index contributed by atoms with van der Waals surface area (Å²) in [4.78, 5) is 28.1. The van der Waals surface area contributed by atoms with Crippen LogP contribution in [0.2, 0.25) is 0 Å². The van der Waals surface area contributed by atoms with Crippen LogP contribution in [0, 0.1) is 11.6 Å². The van der Waals surface area contributed by atoms with Crippen LogP contribution in [0.4, 0.5) is 26.0 Å². The van der Waals surface area contributed by atoms with Crippen molar-refractivity contribution in [2.45, 2.75) is 89.6 Å². The van der Waals surface area contributed by atoms with E-state index < -0.39 is 23.3 Å². The third-order valence-electron chi connectivity index (χ3n) is 10.3. The van der Waals surface area contributed by atoms with Crippen molar-refractivity contribution in [3.8, 4) is 11.3 Å². The highest BCUT2D eigenvalue weighted by molar-refractivity contribution is 6.08. The molecule has 1 atom stereocenters. The van der Waals surface area contributed by atoms with Gasteiger partial charge in [-0.05, 0) is 90.2 Å². The molecule has 1 saturated carbocycles. The fraction of sp³-hybridized carbons (Fsp3) is 0.472. The molecule has 4 heterocycles. The number of pyridine rings is 1. The largest absolute Gasteiger partial charge is 0.364 e. The number of piperidine rings is 1. The van der Waals surface area contributed by atoms with E-state index in [0.29, 0.717) is 34.7 Å². The molecule has 2 N–H and O–H groups in total. The number of imidazole rings is 1. The first-order chi connectivity index (χ1) is 22.5. The minimum atomic E-state index is -1.57. The summed E-state index contributed by atoms with van der Waals surface area (Å²) in [6.45, 7) is 10.3. The van der Waals surface area contributed by atoms with Gasteiger partial charge in [-0.25, -0.2) is 18.7 Å². The number of nitrogens with one attached hydrogen (secondary N) is 1. The second-order valence-electron chi connectivity index (χ2n) is 13.9. The van der Waals surface area contributed by atoms with Gasteiger partial charge in [0.25, 0.3) is 0 Å². The van der Waals surface area contributed by atoms with Crippen molar-refractivity contribution in [3.63, 3.8) is 0 Å². The molecule has 9 nitrogen and oxygen atoms in total. The lowest BCUT2D eigenvalue weighted by molar-refractivity contribution is -0.123. The topological polar surface area (TPSA) is 95.8 Å². The normalized spacial score (nSPS) is 21.7. The Kier molecular flexibility index (Phi) is 8.05.